The molecule has 3 atom stereocenters. The standard InChI is InChI=1S/C27H33F6N5O2/c1-18-15-38(20-10-11-35(2)16-20)23(27(31,32)33)17-37(18)24-9-5-8-22(34-24)25(39)36(3)12-13-40-21-7-4-6-19(14-21)26(28,29)30/h4-9,14,18,20,23H,10-13,15-17H2,1-3H3. The molecular formula is C27H33F6N5O2. The average molecular weight is 574 g/mol. The van der Waals surface area contributed by atoms with Gasteiger partial charge in [-0.2, -0.15) is 26.3 Å². The number of likely N-dealkylation sites (tertiary alicyclic amines) is 1. The summed E-state index contributed by atoms with van der Waals surface area (Å²) in [6.07, 6.45) is -8.24. The second-order valence-corrected chi connectivity index (χ2v) is 10.4. The molecule has 7 nitrogen and oxygen atoms in total. The minimum absolute atomic E-state index is 0.0207. The molecule has 0 saturated carbocycles. The third kappa shape index (κ3) is 6.98. The van der Waals surface area contributed by atoms with Crippen molar-refractivity contribution in [1.29, 1.82) is 0 Å². The number of hydrogen-bond acceptors (Lipinski definition) is 6. The fraction of sp³-hybridized carbons (Fsp3) is 0.556. The number of rotatable bonds is 7. The van der Waals surface area contributed by atoms with E-state index in [1.807, 2.05) is 18.9 Å². The van der Waals surface area contributed by atoms with Crippen molar-refractivity contribution in [2.75, 3.05) is 58.3 Å². The molecule has 2 aliphatic rings. The van der Waals surface area contributed by atoms with Crippen LogP contribution in [0.4, 0.5) is 32.2 Å². The normalized spacial score (nSPS) is 22.9. The Hall–Kier alpha value is -3.06. The first-order chi connectivity index (χ1) is 18.7. The van der Waals surface area contributed by atoms with Crippen molar-refractivity contribution in [3.05, 3.63) is 53.7 Å². The summed E-state index contributed by atoms with van der Waals surface area (Å²) in [7, 11) is 3.40. The Morgan fingerprint density at radius 1 is 1.07 bits per heavy atom. The lowest BCUT2D eigenvalue weighted by atomic mass is 10.0. The van der Waals surface area contributed by atoms with E-state index in [0.717, 1.165) is 18.7 Å². The Balaban J connectivity index is 1.41. The van der Waals surface area contributed by atoms with Crippen molar-refractivity contribution in [1.82, 2.24) is 19.7 Å². The van der Waals surface area contributed by atoms with Crippen molar-refractivity contribution in [3.8, 4) is 5.75 Å². The number of carbonyl (C=O) groups excluding carboxylic acids is 1. The topological polar surface area (TPSA) is 52.2 Å². The second kappa shape index (κ2) is 11.8. The van der Waals surface area contributed by atoms with Gasteiger partial charge >= 0.3 is 12.4 Å². The zero-order chi connectivity index (χ0) is 29.2. The summed E-state index contributed by atoms with van der Waals surface area (Å²) in [6, 6.07) is 7.01. The van der Waals surface area contributed by atoms with Crippen LogP contribution in [0.3, 0.4) is 0 Å². The smallest absolute Gasteiger partial charge is 0.416 e. The maximum absolute atomic E-state index is 14.2. The van der Waals surface area contributed by atoms with Crippen LogP contribution in [0, 0.1) is 0 Å². The van der Waals surface area contributed by atoms with Gasteiger partial charge in [0.25, 0.3) is 5.91 Å². The molecule has 0 aliphatic carbocycles. The lowest BCUT2D eigenvalue weighted by Crippen LogP contribution is -2.65. The average Bonchev–Trinajstić information content (AvgIpc) is 3.33. The van der Waals surface area contributed by atoms with Crippen LogP contribution in [-0.4, -0.2) is 103 Å². The number of carbonyl (C=O) groups is 1. The third-order valence-electron chi connectivity index (χ3n) is 7.44. The predicted octanol–water partition coefficient (Wildman–Crippen LogP) is 4.40. The van der Waals surface area contributed by atoms with E-state index in [1.54, 1.807) is 21.9 Å². The van der Waals surface area contributed by atoms with Crippen LogP contribution in [0.2, 0.25) is 0 Å². The molecule has 1 aromatic carbocycles. The first-order valence-electron chi connectivity index (χ1n) is 13.0. The number of aromatic nitrogens is 1. The minimum Gasteiger partial charge on any atom is -0.492 e. The van der Waals surface area contributed by atoms with Gasteiger partial charge in [-0.3, -0.25) is 9.69 Å². The summed E-state index contributed by atoms with van der Waals surface area (Å²) in [5.74, 6) is -0.182. The number of hydrogen-bond donors (Lipinski definition) is 0. The van der Waals surface area contributed by atoms with Gasteiger partial charge in [-0.05, 0) is 57.3 Å². The van der Waals surface area contributed by atoms with Gasteiger partial charge in [-0.1, -0.05) is 12.1 Å². The van der Waals surface area contributed by atoms with Gasteiger partial charge in [0.15, 0.2) is 0 Å². The van der Waals surface area contributed by atoms with Crippen LogP contribution in [-0.2, 0) is 6.18 Å². The Bertz CT molecular complexity index is 1180. The molecule has 2 saturated heterocycles. The Morgan fingerprint density at radius 3 is 2.45 bits per heavy atom. The Kier molecular flexibility index (Phi) is 8.83. The summed E-state index contributed by atoms with van der Waals surface area (Å²) in [6.45, 7) is 3.12. The van der Waals surface area contributed by atoms with E-state index in [-0.39, 0.29) is 55.6 Å². The number of alkyl halides is 6. The van der Waals surface area contributed by atoms with Crippen LogP contribution < -0.4 is 9.64 Å². The van der Waals surface area contributed by atoms with Gasteiger partial charge in [0.05, 0.1) is 12.1 Å². The molecule has 0 N–H and O–H groups in total. The van der Waals surface area contributed by atoms with E-state index in [2.05, 4.69) is 4.98 Å². The van der Waals surface area contributed by atoms with E-state index >= 15 is 0 Å². The summed E-state index contributed by atoms with van der Waals surface area (Å²) in [5, 5.41) is 0. The molecule has 1 amide bonds. The molecule has 2 aliphatic heterocycles. The number of halogens is 6. The van der Waals surface area contributed by atoms with Gasteiger partial charge < -0.3 is 19.4 Å². The van der Waals surface area contributed by atoms with E-state index in [0.29, 0.717) is 13.0 Å². The molecule has 13 heteroatoms. The SMILES string of the molecule is CC1CN(C2CCN(C)C2)C(C(F)(F)F)CN1c1cccc(C(=O)N(C)CCOc2cccc(C(F)(F)F)c2)n1. The van der Waals surface area contributed by atoms with Crippen LogP contribution in [0.25, 0.3) is 0 Å². The molecule has 40 heavy (non-hydrogen) atoms. The largest absolute Gasteiger partial charge is 0.492 e. The van der Waals surface area contributed by atoms with Crippen LogP contribution >= 0.6 is 0 Å². The van der Waals surface area contributed by atoms with Crippen LogP contribution in [0.5, 0.6) is 5.75 Å². The molecule has 0 spiro atoms. The van der Waals surface area contributed by atoms with Gasteiger partial charge in [0, 0.05) is 38.8 Å². The number of likely N-dealkylation sites (N-methyl/N-ethyl adjacent to an activating group) is 2. The van der Waals surface area contributed by atoms with E-state index in [9.17, 15) is 31.1 Å². The maximum Gasteiger partial charge on any atom is 0.416 e. The van der Waals surface area contributed by atoms with Crippen LogP contribution in [0.15, 0.2) is 42.5 Å². The molecule has 3 unspecified atom stereocenters. The number of amides is 1. The fourth-order valence-electron chi connectivity index (χ4n) is 5.26. The van der Waals surface area contributed by atoms with Gasteiger partial charge in [0.1, 0.15) is 29.9 Å². The first kappa shape index (κ1) is 29.9. The van der Waals surface area contributed by atoms with E-state index < -0.39 is 29.9 Å². The molecule has 0 radical (unpaired) electrons. The molecule has 1 aromatic heterocycles. The zero-order valence-corrected chi connectivity index (χ0v) is 22.5. The van der Waals surface area contributed by atoms with E-state index in [4.69, 9.17) is 4.74 Å². The monoisotopic (exact) mass is 573 g/mol. The summed E-state index contributed by atoms with van der Waals surface area (Å²) in [4.78, 5) is 23.9. The Labute approximate surface area is 229 Å². The highest BCUT2D eigenvalue weighted by atomic mass is 19.4. The number of nitrogens with zero attached hydrogens (tertiary/aromatic N) is 5. The summed E-state index contributed by atoms with van der Waals surface area (Å²) >= 11 is 0. The van der Waals surface area contributed by atoms with Crippen molar-refractivity contribution >= 4 is 11.7 Å². The van der Waals surface area contributed by atoms with Gasteiger partial charge in [-0.15, -0.1) is 0 Å². The van der Waals surface area contributed by atoms with Gasteiger partial charge in [0.2, 0.25) is 0 Å². The number of piperazine rings is 1. The van der Waals surface area contributed by atoms with Crippen molar-refractivity contribution in [2.45, 2.75) is 43.8 Å². The molecule has 3 heterocycles. The fourth-order valence-corrected chi connectivity index (χ4v) is 5.26. The molecular weight excluding hydrogens is 540 g/mol. The first-order valence-corrected chi connectivity index (χ1v) is 13.0. The van der Waals surface area contributed by atoms with Crippen molar-refractivity contribution < 1.29 is 35.9 Å². The molecule has 2 fully saturated rings. The number of benzene rings is 1. The summed E-state index contributed by atoms with van der Waals surface area (Å²) < 4.78 is 86.6. The minimum atomic E-state index is -4.50. The second-order valence-electron chi connectivity index (χ2n) is 10.4. The quantitative estimate of drug-likeness (QED) is 0.458. The number of anilines is 1. The lowest BCUT2D eigenvalue weighted by molar-refractivity contribution is -0.192. The molecule has 4 rings (SSSR count). The highest BCUT2D eigenvalue weighted by Gasteiger charge is 2.50. The maximum atomic E-state index is 14.2. The predicted molar refractivity (Wildman–Crippen MR) is 137 cm³/mol. The molecule has 2 aromatic rings. The van der Waals surface area contributed by atoms with Crippen molar-refractivity contribution in [2.24, 2.45) is 0 Å². The van der Waals surface area contributed by atoms with Crippen LogP contribution in [0.1, 0.15) is 29.4 Å². The molecule has 220 valence electrons. The lowest BCUT2D eigenvalue weighted by Gasteiger charge is -2.48. The highest BCUT2D eigenvalue weighted by molar-refractivity contribution is 5.92. The zero-order valence-electron chi connectivity index (χ0n) is 22.5. The molecule has 0 bridgehead atoms. The van der Waals surface area contributed by atoms with E-state index in [1.165, 1.54) is 30.1 Å². The number of pyridine rings is 1. The summed E-state index contributed by atoms with van der Waals surface area (Å²) in [5.41, 5.74) is -0.788. The number of ether oxygens (including phenoxy) is 1. The van der Waals surface area contributed by atoms with Crippen molar-refractivity contribution in [3.63, 3.8) is 0 Å². The third-order valence-corrected chi connectivity index (χ3v) is 7.44. The van der Waals surface area contributed by atoms with Gasteiger partial charge in [-0.25, -0.2) is 4.98 Å². The highest BCUT2D eigenvalue weighted by Crippen LogP contribution is 2.35. The Morgan fingerprint density at radius 2 is 1.80 bits per heavy atom.